The SMILES string of the molecule is Cc1ccccc1NC(=O)C1CC(=O)NC2NC(Nc3cccc(Cl)c3)NC(=O)C21. The first kappa shape index (κ1) is 20.2. The Morgan fingerprint density at radius 2 is 1.90 bits per heavy atom. The van der Waals surface area contributed by atoms with E-state index < -0.39 is 24.3 Å². The zero-order valence-corrected chi connectivity index (χ0v) is 17.0. The van der Waals surface area contributed by atoms with Gasteiger partial charge in [0.25, 0.3) is 0 Å². The number of hydrogen-bond acceptors (Lipinski definition) is 5. The Bertz CT molecular complexity index is 998. The number of rotatable bonds is 4. The van der Waals surface area contributed by atoms with Crippen LogP contribution in [0.25, 0.3) is 0 Å². The van der Waals surface area contributed by atoms with Crippen LogP contribution in [0.1, 0.15) is 12.0 Å². The first-order valence-electron chi connectivity index (χ1n) is 9.65. The molecule has 30 heavy (non-hydrogen) atoms. The van der Waals surface area contributed by atoms with E-state index in [-0.39, 0.29) is 24.1 Å². The fourth-order valence-electron chi connectivity index (χ4n) is 3.84. The number of hydrogen-bond donors (Lipinski definition) is 5. The van der Waals surface area contributed by atoms with Gasteiger partial charge in [0.2, 0.25) is 17.7 Å². The molecular weight excluding hydrogens is 406 g/mol. The highest BCUT2D eigenvalue weighted by Crippen LogP contribution is 2.28. The fourth-order valence-corrected chi connectivity index (χ4v) is 4.03. The zero-order valence-electron chi connectivity index (χ0n) is 16.2. The maximum atomic E-state index is 12.9. The average Bonchev–Trinajstić information content (AvgIpc) is 2.68. The normalized spacial score (nSPS) is 25.5. The van der Waals surface area contributed by atoms with Crippen molar-refractivity contribution >= 4 is 40.7 Å². The first-order chi connectivity index (χ1) is 14.4. The Morgan fingerprint density at radius 3 is 2.67 bits per heavy atom. The molecule has 8 nitrogen and oxygen atoms in total. The number of piperidine rings is 1. The highest BCUT2D eigenvalue weighted by atomic mass is 35.5. The standard InChI is InChI=1S/C21H22ClN5O3/c1-11-5-2-3-8-15(11)24-19(29)14-10-16(28)25-18-17(14)20(30)27-21(26-18)23-13-7-4-6-12(22)9-13/h2-9,14,17-18,21,23,26H,10H2,1H3,(H,24,29)(H,25,28)(H,27,30). The van der Waals surface area contributed by atoms with Crippen molar-refractivity contribution in [2.75, 3.05) is 10.6 Å². The summed E-state index contributed by atoms with van der Waals surface area (Å²) in [5.74, 6) is -2.48. The third kappa shape index (κ3) is 4.24. The molecule has 0 spiro atoms. The van der Waals surface area contributed by atoms with Gasteiger partial charge in [-0.3, -0.25) is 19.7 Å². The van der Waals surface area contributed by atoms with Crippen LogP contribution in [0.3, 0.4) is 0 Å². The number of benzene rings is 2. The molecule has 2 fully saturated rings. The molecule has 2 saturated heterocycles. The molecular formula is C21H22ClN5O3. The van der Waals surface area contributed by atoms with Crippen molar-refractivity contribution in [1.82, 2.24) is 16.0 Å². The van der Waals surface area contributed by atoms with Gasteiger partial charge in [-0.25, -0.2) is 0 Å². The third-order valence-electron chi connectivity index (χ3n) is 5.33. The quantitative estimate of drug-likeness (QED) is 0.510. The summed E-state index contributed by atoms with van der Waals surface area (Å²) in [5, 5.41) is 15.3. The lowest BCUT2D eigenvalue weighted by Gasteiger charge is -2.43. The summed E-state index contributed by atoms with van der Waals surface area (Å²) in [7, 11) is 0. The summed E-state index contributed by atoms with van der Waals surface area (Å²) in [6, 6.07) is 14.4. The molecule has 5 N–H and O–H groups in total. The molecule has 4 atom stereocenters. The van der Waals surface area contributed by atoms with Gasteiger partial charge in [-0.05, 0) is 36.8 Å². The second-order valence-corrected chi connectivity index (χ2v) is 7.89. The first-order valence-corrected chi connectivity index (χ1v) is 10.0. The molecule has 0 radical (unpaired) electrons. The zero-order chi connectivity index (χ0) is 21.3. The van der Waals surface area contributed by atoms with E-state index in [4.69, 9.17) is 11.6 Å². The van der Waals surface area contributed by atoms with E-state index in [1.165, 1.54) is 0 Å². The van der Waals surface area contributed by atoms with Crippen LogP contribution in [-0.4, -0.2) is 30.2 Å². The molecule has 4 rings (SSSR count). The summed E-state index contributed by atoms with van der Waals surface area (Å²) < 4.78 is 0. The van der Waals surface area contributed by atoms with E-state index in [0.717, 1.165) is 5.56 Å². The summed E-state index contributed by atoms with van der Waals surface area (Å²) >= 11 is 6.00. The molecule has 3 amide bonds. The molecule has 9 heteroatoms. The molecule has 2 aliphatic rings. The minimum absolute atomic E-state index is 0.0552. The van der Waals surface area contributed by atoms with Crippen LogP contribution in [0.5, 0.6) is 0 Å². The van der Waals surface area contributed by atoms with Crippen LogP contribution < -0.4 is 26.6 Å². The van der Waals surface area contributed by atoms with Crippen molar-refractivity contribution in [1.29, 1.82) is 0 Å². The molecule has 4 unspecified atom stereocenters. The van der Waals surface area contributed by atoms with E-state index in [1.54, 1.807) is 24.3 Å². The van der Waals surface area contributed by atoms with Gasteiger partial charge in [-0.15, -0.1) is 0 Å². The van der Waals surface area contributed by atoms with Crippen molar-refractivity contribution in [3.63, 3.8) is 0 Å². The van der Waals surface area contributed by atoms with E-state index in [2.05, 4.69) is 26.6 Å². The summed E-state index contributed by atoms with van der Waals surface area (Å²) in [6.45, 7) is 1.88. The Labute approximate surface area is 178 Å². The minimum Gasteiger partial charge on any atom is -0.353 e. The Hall–Kier alpha value is -3.10. The minimum atomic E-state index is -0.789. The van der Waals surface area contributed by atoms with Gasteiger partial charge in [0.1, 0.15) is 0 Å². The smallest absolute Gasteiger partial charge is 0.229 e. The van der Waals surface area contributed by atoms with E-state index in [9.17, 15) is 14.4 Å². The molecule has 0 bridgehead atoms. The number of carbonyl (C=O) groups is 3. The lowest BCUT2D eigenvalue weighted by molar-refractivity contribution is -0.144. The predicted octanol–water partition coefficient (Wildman–Crippen LogP) is 1.78. The van der Waals surface area contributed by atoms with Gasteiger partial charge >= 0.3 is 0 Å². The second-order valence-electron chi connectivity index (χ2n) is 7.45. The van der Waals surface area contributed by atoms with Crippen LogP contribution in [-0.2, 0) is 14.4 Å². The van der Waals surface area contributed by atoms with Crippen molar-refractivity contribution < 1.29 is 14.4 Å². The lowest BCUT2D eigenvalue weighted by atomic mass is 9.81. The number of carbonyl (C=O) groups excluding carboxylic acids is 3. The maximum Gasteiger partial charge on any atom is 0.229 e. The number of amides is 3. The van der Waals surface area contributed by atoms with Crippen LogP contribution >= 0.6 is 11.6 Å². The largest absolute Gasteiger partial charge is 0.353 e. The highest BCUT2D eigenvalue weighted by molar-refractivity contribution is 6.30. The predicted molar refractivity (Wildman–Crippen MR) is 113 cm³/mol. The van der Waals surface area contributed by atoms with Gasteiger partial charge in [0.15, 0.2) is 6.29 Å². The molecule has 2 aromatic carbocycles. The van der Waals surface area contributed by atoms with E-state index in [0.29, 0.717) is 16.4 Å². The van der Waals surface area contributed by atoms with Gasteiger partial charge in [0, 0.05) is 22.8 Å². The molecule has 2 aliphatic heterocycles. The monoisotopic (exact) mass is 427 g/mol. The molecule has 0 aliphatic carbocycles. The second kappa shape index (κ2) is 8.33. The number of halogens is 1. The summed E-state index contributed by atoms with van der Waals surface area (Å²) in [6.07, 6.45) is -1.36. The van der Waals surface area contributed by atoms with Crippen LogP contribution in [0.2, 0.25) is 5.02 Å². The molecule has 0 aromatic heterocycles. The lowest BCUT2D eigenvalue weighted by Crippen LogP contribution is -2.72. The summed E-state index contributed by atoms with van der Waals surface area (Å²) in [5.41, 5.74) is 2.27. The van der Waals surface area contributed by atoms with Gasteiger partial charge in [-0.2, -0.15) is 0 Å². The van der Waals surface area contributed by atoms with Gasteiger partial charge < -0.3 is 21.3 Å². The molecule has 0 saturated carbocycles. The molecule has 156 valence electrons. The summed E-state index contributed by atoms with van der Waals surface area (Å²) in [4.78, 5) is 38.1. The van der Waals surface area contributed by atoms with E-state index in [1.807, 2.05) is 31.2 Å². The average molecular weight is 428 g/mol. The molecule has 2 aromatic rings. The number of anilines is 2. The Balaban J connectivity index is 1.49. The number of para-hydroxylation sites is 1. The van der Waals surface area contributed by atoms with Gasteiger partial charge in [-0.1, -0.05) is 35.9 Å². The van der Waals surface area contributed by atoms with Crippen molar-refractivity contribution in [2.24, 2.45) is 11.8 Å². The number of nitrogens with one attached hydrogen (secondary N) is 5. The third-order valence-corrected chi connectivity index (χ3v) is 5.56. The fraction of sp³-hybridized carbons (Fsp3) is 0.286. The van der Waals surface area contributed by atoms with Crippen LogP contribution in [0, 0.1) is 18.8 Å². The van der Waals surface area contributed by atoms with Crippen molar-refractivity contribution in [3.05, 3.63) is 59.1 Å². The Kier molecular flexibility index (Phi) is 5.61. The molecule has 2 heterocycles. The van der Waals surface area contributed by atoms with Crippen molar-refractivity contribution in [3.8, 4) is 0 Å². The maximum absolute atomic E-state index is 12.9. The van der Waals surface area contributed by atoms with Crippen molar-refractivity contribution in [2.45, 2.75) is 25.8 Å². The van der Waals surface area contributed by atoms with Gasteiger partial charge in [0.05, 0.1) is 18.0 Å². The number of fused-ring (bicyclic) bond motifs is 1. The Morgan fingerprint density at radius 1 is 1.10 bits per heavy atom. The van der Waals surface area contributed by atoms with Crippen LogP contribution in [0.15, 0.2) is 48.5 Å². The van der Waals surface area contributed by atoms with E-state index >= 15 is 0 Å². The topological polar surface area (TPSA) is 111 Å². The van der Waals surface area contributed by atoms with Crippen LogP contribution in [0.4, 0.5) is 11.4 Å². The highest BCUT2D eigenvalue weighted by Gasteiger charge is 2.48. The number of aryl methyl sites for hydroxylation is 1.